The lowest BCUT2D eigenvalue weighted by Crippen LogP contribution is -2.53. The Labute approximate surface area is 171 Å². The molecule has 0 N–H and O–H groups in total. The van der Waals surface area contributed by atoms with Crippen molar-refractivity contribution < 1.29 is 4.74 Å². The minimum absolute atomic E-state index is 0.217. The SMILES string of the molecule is Clc1ccc(COC(Cn2ccnc2)C23CC4CC(CC(C4)C2)C3)cc1Cl. The van der Waals surface area contributed by atoms with Crippen molar-refractivity contribution in [3.8, 4) is 0 Å². The Morgan fingerprint density at radius 3 is 2.37 bits per heavy atom. The summed E-state index contributed by atoms with van der Waals surface area (Å²) in [6.07, 6.45) is 14.4. The Morgan fingerprint density at radius 1 is 1.07 bits per heavy atom. The fraction of sp³-hybridized carbons (Fsp3) is 0.591. The molecule has 4 bridgehead atoms. The number of nitrogens with zero attached hydrogens (tertiary/aromatic N) is 2. The van der Waals surface area contributed by atoms with E-state index in [1.54, 1.807) is 0 Å². The van der Waals surface area contributed by atoms with Gasteiger partial charge in [-0.1, -0.05) is 29.3 Å². The molecule has 0 spiro atoms. The van der Waals surface area contributed by atoms with Gasteiger partial charge in [-0.25, -0.2) is 4.98 Å². The number of rotatable bonds is 6. The molecule has 0 saturated heterocycles. The number of hydrogen-bond donors (Lipinski definition) is 0. The second kappa shape index (κ2) is 7.09. The molecule has 144 valence electrons. The van der Waals surface area contributed by atoms with Gasteiger partial charge in [0, 0.05) is 12.4 Å². The Bertz CT molecular complexity index is 769. The molecule has 2 aromatic rings. The van der Waals surface area contributed by atoms with Crippen LogP contribution in [0.3, 0.4) is 0 Å². The summed E-state index contributed by atoms with van der Waals surface area (Å²) in [6, 6.07) is 5.80. The van der Waals surface area contributed by atoms with Crippen molar-refractivity contribution in [2.75, 3.05) is 0 Å². The topological polar surface area (TPSA) is 27.1 Å². The van der Waals surface area contributed by atoms with E-state index in [0.29, 0.717) is 22.1 Å². The Kier molecular flexibility index (Phi) is 4.74. The van der Waals surface area contributed by atoms with Gasteiger partial charge >= 0.3 is 0 Å². The first kappa shape index (κ1) is 18.0. The minimum Gasteiger partial charge on any atom is -0.371 e. The van der Waals surface area contributed by atoms with Crippen LogP contribution in [-0.4, -0.2) is 15.7 Å². The maximum atomic E-state index is 6.63. The number of halogens is 2. The number of imidazole rings is 1. The Hall–Kier alpha value is -1.03. The van der Waals surface area contributed by atoms with Crippen LogP contribution in [0.2, 0.25) is 10.0 Å². The van der Waals surface area contributed by atoms with Gasteiger partial charge in [-0.3, -0.25) is 0 Å². The molecule has 4 saturated carbocycles. The molecule has 4 aliphatic carbocycles. The van der Waals surface area contributed by atoms with Crippen molar-refractivity contribution in [2.24, 2.45) is 23.2 Å². The highest BCUT2D eigenvalue weighted by molar-refractivity contribution is 6.42. The van der Waals surface area contributed by atoms with E-state index >= 15 is 0 Å². The molecule has 0 aliphatic heterocycles. The standard InChI is InChI=1S/C22H26Cl2N2O/c23-19-2-1-15(8-20(19)24)13-27-21(12-26-4-3-25-14-26)22-9-16-5-17(10-22)7-18(6-16)11-22/h1-4,8,14,16-18,21H,5-7,9-13H2. The molecular weight excluding hydrogens is 379 g/mol. The third-order valence-corrected chi connectivity index (χ3v) is 7.88. The monoisotopic (exact) mass is 404 g/mol. The second-order valence-electron chi connectivity index (χ2n) is 9.09. The zero-order chi connectivity index (χ0) is 18.4. The minimum atomic E-state index is 0.217. The van der Waals surface area contributed by atoms with E-state index in [4.69, 9.17) is 27.9 Å². The maximum absolute atomic E-state index is 6.63. The molecule has 0 radical (unpaired) electrons. The van der Waals surface area contributed by atoms with E-state index < -0.39 is 0 Å². The molecule has 3 nitrogen and oxygen atoms in total. The molecule has 27 heavy (non-hydrogen) atoms. The fourth-order valence-electron chi connectivity index (χ4n) is 6.41. The van der Waals surface area contributed by atoms with E-state index in [2.05, 4.69) is 15.7 Å². The highest BCUT2D eigenvalue weighted by Gasteiger charge is 2.54. The van der Waals surface area contributed by atoms with Crippen LogP contribution in [0.15, 0.2) is 36.9 Å². The predicted molar refractivity (Wildman–Crippen MR) is 108 cm³/mol. The van der Waals surface area contributed by atoms with Crippen LogP contribution in [0.5, 0.6) is 0 Å². The van der Waals surface area contributed by atoms with Crippen LogP contribution in [0, 0.1) is 23.2 Å². The van der Waals surface area contributed by atoms with Crippen LogP contribution >= 0.6 is 23.2 Å². The number of hydrogen-bond acceptors (Lipinski definition) is 2. The Balaban J connectivity index is 1.38. The van der Waals surface area contributed by atoms with Crippen LogP contribution in [0.1, 0.15) is 44.1 Å². The number of benzene rings is 1. The summed E-state index contributed by atoms with van der Waals surface area (Å²) in [6.45, 7) is 1.46. The van der Waals surface area contributed by atoms with E-state index in [-0.39, 0.29) is 6.10 Å². The lowest BCUT2D eigenvalue weighted by Gasteiger charge is -2.59. The van der Waals surface area contributed by atoms with Gasteiger partial charge in [-0.05, 0) is 79.4 Å². The molecule has 5 heteroatoms. The van der Waals surface area contributed by atoms with Crippen LogP contribution in [-0.2, 0) is 17.9 Å². The molecule has 1 unspecified atom stereocenters. The molecule has 1 aromatic heterocycles. The quantitative estimate of drug-likeness (QED) is 0.590. The lowest BCUT2D eigenvalue weighted by atomic mass is 9.48. The van der Waals surface area contributed by atoms with E-state index in [1.165, 1.54) is 38.5 Å². The van der Waals surface area contributed by atoms with Gasteiger partial charge in [-0.2, -0.15) is 0 Å². The second-order valence-corrected chi connectivity index (χ2v) is 9.90. The van der Waals surface area contributed by atoms with E-state index in [0.717, 1.165) is 29.9 Å². The predicted octanol–water partition coefficient (Wildman–Crippen LogP) is 5.99. The van der Waals surface area contributed by atoms with E-state index in [1.807, 2.05) is 30.7 Å². The van der Waals surface area contributed by atoms with Gasteiger partial charge in [0.05, 0.1) is 35.6 Å². The summed E-state index contributed by atoms with van der Waals surface area (Å²) in [7, 11) is 0. The molecule has 4 fully saturated rings. The number of ether oxygens (including phenoxy) is 1. The molecular formula is C22H26Cl2N2O. The van der Waals surface area contributed by atoms with Gasteiger partial charge in [0.15, 0.2) is 0 Å². The third-order valence-electron chi connectivity index (χ3n) is 7.14. The molecule has 4 aliphatic rings. The Morgan fingerprint density at radius 2 is 1.78 bits per heavy atom. The molecule has 1 aromatic carbocycles. The van der Waals surface area contributed by atoms with Crippen molar-refractivity contribution in [1.29, 1.82) is 0 Å². The highest BCUT2D eigenvalue weighted by Crippen LogP contribution is 2.62. The van der Waals surface area contributed by atoms with E-state index in [9.17, 15) is 0 Å². The van der Waals surface area contributed by atoms with Gasteiger partial charge in [-0.15, -0.1) is 0 Å². The van der Waals surface area contributed by atoms with Crippen molar-refractivity contribution >= 4 is 23.2 Å². The zero-order valence-electron chi connectivity index (χ0n) is 15.5. The summed E-state index contributed by atoms with van der Waals surface area (Å²) in [5, 5.41) is 1.19. The zero-order valence-corrected chi connectivity index (χ0v) is 17.0. The largest absolute Gasteiger partial charge is 0.371 e. The maximum Gasteiger partial charge on any atom is 0.0946 e. The lowest BCUT2D eigenvalue weighted by molar-refractivity contribution is -0.151. The van der Waals surface area contributed by atoms with Gasteiger partial charge in [0.25, 0.3) is 0 Å². The summed E-state index contributed by atoms with van der Waals surface area (Å²) in [5.74, 6) is 2.74. The van der Waals surface area contributed by atoms with Gasteiger partial charge in [0.1, 0.15) is 0 Å². The molecule has 6 rings (SSSR count). The average molecular weight is 405 g/mol. The van der Waals surface area contributed by atoms with Crippen LogP contribution in [0.4, 0.5) is 0 Å². The summed E-state index contributed by atoms with van der Waals surface area (Å²) < 4.78 is 8.81. The van der Waals surface area contributed by atoms with Crippen molar-refractivity contribution in [3.05, 3.63) is 52.5 Å². The summed E-state index contributed by atoms with van der Waals surface area (Å²) in [4.78, 5) is 4.24. The first-order valence-electron chi connectivity index (χ1n) is 10.1. The van der Waals surface area contributed by atoms with Crippen molar-refractivity contribution in [2.45, 2.75) is 57.8 Å². The van der Waals surface area contributed by atoms with Gasteiger partial charge in [0.2, 0.25) is 0 Å². The first-order valence-corrected chi connectivity index (χ1v) is 10.9. The molecule has 0 amide bonds. The first-order chi connectivity index (χ1) is 13.1. The summed E-state index contributed by atoms with van der Waals surface area (Å²) in [5.41, 5.74) is 1.42. The molecule has 1 atom stereocenters. The van der Waals surface area contributed by atoms with Crippen molar-refractivity contribution in [1.82, 2.24) is 9.55 Å². The van der Waals surface area contributed by atoms with Crippen LogP contribution < -0.4 is 0 Å². The van der Waals surface area contributed by atoms with Crippen LogP contribution in [0.25, 0.3) is 0 Å². The average Bonchev–Trinajstić information content (AvgIpc) is 3.13. The van der Waals surface area contributed by atoms with Crippen molar-refractivity contribution in [3.63, 3.8) is 0 Å². The molecule has 1 heterocycles. The van der Waals surface area contributed by atoms with Gasteiger partial charge < -0.3 is 9.30 Å². The fourth-order valence-corrected chi connectivity index (χ4v) is 6.73. The smallest absolute Gasteiger partial charge is 0.0946 e. The third kappa shape index (κ3) is 3.54. The number of aromatic nitrogens is 2. The summed E-state index contributed by atoms with van der Waals surface area (Å²) >= 11 is 12.3. The highest BCUT2D eigenvalue weighted by atomic mass is 35.5. The normalized spacial score (nSPS) is 32.7.